The van der Waals surface area contributed by atoms with E-state index >= 15 is 0 Å². The maximum absolute atomic E-state index is 13.6. The number of amides is 2. The van der Waals surface area contributed by atoms with Crippen LogP contribution in [0.4, 0.5) is 0 Å². The Morgan fingerprint density at radius 3 is 2.51 bits per heavy atom. The highest BCUT2D eigenvalue weighted by atomic mass is 35.5. The summed E-state index contributed by atoms with van der Waals surface area (Å²) in [5.41, 5.74) is 1.74. The van der Waals surface area contributed by atoms with Crippen LogP contribution in [-0.2, 0) is 22.6 Å². The quantitative estimate of drug-likeness (QED) is 0.471. The minimum Gasteiger partial charge on any atom is -0.486 e. The number of hydrogen-bond donors (Lipinski definition) is 1. The number of carbonyl (C=O) groups excluding carboxylic acids is 2. The number of carbonyl (C=O) groups is 2. The number of rotatable bonds is 9. The lowest BCUT2D eigenvalue weighted by Crippen LogP contribution is -2.51. The molecule has 35 heavy (non-hydrogen) atoms. The van der Waals surface area contributed by atoms with Gasteiger partial charge in [0.1, 0.15) is 19.3 Å². The lowest BCUT2D eigenvalue weighted by atomic mass is 10.0. The van der Waals surface area contributed by atoms with Crippen LogP contribution in [0.25, 0.3) is 0 Å². The third kappa shape index (κ3) is 6.62. The van der Waals surface area contributed by atoms with E-state index in [1.54, 1.807) is 17.0 Å². The predicted octanol–water partition coefficient (Wildman–Crippen LogP) is 5.56. The Hall–Kier alpha value is -2.44. The summed E-state index contributed by atoms with van der Waals surface area (Å²) < 4.78 is 11.3. The summed E-state index contributed by atoms with van der Waals surface area (Å²) in [5, 5.41) is 4.17. The SMILES string of the molecule is CC[C@H](C(=O)NC1CCCC1)N(Cc1ccc(Cl)cc1Cl)C(=O)CCc1ccc2c(c1)OCCO2. The van der Waals surface area contributed by atoms with Crippen molar-refractivity contribution in [1.82, 2.24) is 10.2 Å². The summed E-state index contributed by atoms with van der Waals surface area (Å²) in [7, 11) is 0. The summed E-state index contributed by atoms with van der Waals surface area (Å²) in [6.07, 6.45) is 5.53. The van der Waals surface area contributed by atoms with Crippen molar-refractivity contribution in [3.8, 4) is 11.5 Å². The highest BCUT2D eigenvalue weighted by molar-refractivity contribution is 6.35. The van der Waals surface area contributed by atoms with Gasteiger partial charge in [0, 0.05) is 29.1 Å². The van der Waals surface area contributed by atoms with E-state index in [1.165, 1.54) is 0 Å². The number of hydrogen-bond acceptors (Lipinski definition) is 4. The maximum atomic E-state index is 13.6. The van der Waals surface area contributed by atoms with Gasteiger partial charge < -0.3 is 19.7 Å². The van der Waals surface area contributed by atoms with E-state index in [4.69, 9.17) is 32.7 Å². The van der Waals surface area contributed by atoms with Crippen LogP contribution in [0.2, 0.25) is 10.0 Å². The number of halogens is 2. The molecule has 1 aliphatic carbocycles. The summed E-state index contributed by atoms with van der Waals surface area (Å²) in [5.74, 6) is 1.23. The van der Waals surface area contributed by atoms with Crippen LogP contribution in [-0.4, -0.2) is 42.0 Å². The molecule has 0 saturated heterocycles. The fraction of sp³-hybridized carbons (Fsp3) is 0.481. The molecule has 2 aromatic carbocycles. The van der Waals surface area contributed by atoms with Gasteiger partial charge in [-0.2, -0.15) is 0 Å². The molecule has 4 rings (SSSR count). The Bertz CT molecular complexity index is 1060. The second-order valence-corrected chi connectivity index (χ2v) is 9.99. The van der Waals surface area contributed by atoms with Crippen LogP contribution in [0.15, 0.2) is 36.4 Å². The molecular weight excluding hydrogens is 487 g/mol. The molecule has 1 aliphatic heterocycles. The average molecular weight is 519 g/mol. The first-order chi connectivity index (χ1) is 16.9. The average Bonchev–Trinajstić information content (AvgIpc) is 3.36. The van der Waals surface area contributed by atoms with Crippen LogP contribution in [0.1, 0.15) is 56.6 Å². The molecule has 1 N–H and O–H groups in total. The number of nitrogens with zero attached hydrogens (tertiary/aromatic N) is 1. The van der Waals surface area contributed by atoms with Gasteiger partial charge in [-0.1, -0.05) is 55.1 Å². The smallest absolute Gasteiger partial charge is 0.243 e. The summed E-state index contributed by atoms with van der Waals surface area (Å²) >= 11 is 12.5. The summed E-state index contributed by atoms with van der Waals surface area (Å²) in [6.45, 7) is 3.23. The van der Waals surface area contributed by atoms with E-state index in [1.807, 2.05) is 31.2 Å². The molecule has 1 saturated carbocycles. The zero-order chi connectivity index (χ0) is 24.8. The van der Waals surface area contributed by atoms with E-state index in [0.717, 1.165) is 42.6 Å². The first-order valence-electron chi connectivity index (χ1n) is 12.4. The van der Waals surface area contributed by atoms with Crippen molar-refractivity contribution in [3.05, 3.63) is 57.6 Å². The van der Waals surface area contributed by atoms with Crippen LogP contribution in [0.3, 0.4) is 0 Å². The molecule has 1 atom stereocenters. The molecule has 188 valence electrons. The Kier molecular flexibility index (Phi) is 8.79. The Morgan fingerprint density at radius 1 is 1.06 bits per heavy atom. The molecule has 0 bridgehead atoms. The predicted molar refractivity (Wildman–Crippen MR) is 137 cm³/mol. The second kappa shape index (κ2) is 12.0. The highest BCUT2D eigenvalue weighted by Crippen LogP contribution is 2.31. The monoisotopic (exact) mass is 518 g/mol. The standard InChI is InChI=1S/C27H32Cl2N2O4/c1-2-23(27(33)30-21-5-3-4-6-21)31(17-19-9-10-20(28)16-22(19)29)26(32)12-8-18-7-11-24-25(15-18)35-14-13-34-24/h7,9-11,15-16,21,23H,2-6,8,12-14,17H2,1H3,(H,30,33)/t23-/m1/s1. The van der Waals surface area contributed by atoms with Gasteiger partial charge in [-0.15, -0.1) is 0 Å². The molecule has 1 fully saturated rings. The van der Waals surface area contributed by atoms with E-state index in [2.05, 4.69) is 5.32 Å². The van der Waals surface area contributed by atoms with Gasteiger partial charge in [0.05, 0.1) is 0 Å². The van der Waals surface area contributed by atoms with Crippen LogP contribution < -0.4 is 14.8 Å². The number of fused-ring (bicyclic) bond motifs is 1. The lowest BCUT2D eigenvalue weighted by molar-refractivity contribution is -0.141. The van der Waals surface area contributed by atoms with Gasteiger partial charge in [0.2, 0.25) is 11.8 Å². The third-order valence-electron chi connectivity index (χ3n) is 6.68. The topological polar surface area (TPSA) is 67.9 Å². The Balaban J connectivity index is 1.50. The fourth-order valence-electron chi connectivity index (χ4n) is 4.76. The fourth-order valence-corrected chi connectivity index (χ4v) is 5.23. The first kappa shape index (κ1) is 25.6. The minimum absolute atomic E-state index is 0.0978. The second-order valence-electron chi connectivity index (χ2n) is 9.15. The van der Waals surface area contributed by atoms with E-state index < -0.39 is 6.04 Å². The van der Waals surface area contributed by atoms with Crippen molar-refractivity contribution >= 4 is 35.0 Å². The van der Waals surface area contributed by atoms with Gasteiger partial charge in [-0.05, 0) is 61.1 Å². The maximum Gasteiger partial charge on any atom is 0.243 e. The van der Waals surface area contributed by atoms with Crippen LogP contribution >= 0.6 is 23.2 Å². The van der Waals surface area contributed by atoms with Gasteiger partial charge in [0.15, 0.2) is 11.5 Å². The van der Waals surface area contributed by atoms with Crippen molar-refractivity contribution < 1.29 is 19.1 Å². The minimum atomic E-state index is -0.574. The van der Waals surface area contributed by atoms with Crippen molar-refractivity contribution in [2.24, 2.45) is 0 Å². The lowest BCUT2D eigenvalue weighted by Gasteiger charge is -2.32. The van der Waals surface area contributed by atoms with Gasteiger partial charge in [-0.25, -0.2) is 0 Å². The highest BCUT2D eigenvalue weighted by Gasteiger charge is 2.31. The van der Waals surface area contributed by atoms with E-state index in [0.29, 0.717) is 41.9 Å². The summed E-state index contributed by atoms with van der Waals surface area (Å²) in [4.78, 5) is 28.5. The van der Waals surface area contributed by atoms with Crippen molar-refractivity contribution in [3.63, 3.8) is 0 Å². The van der Waals surface area contributed by atoms with E-state index in [9.17, 15) is 9.59 Å². The molecule has 1 heterocycles. The zero-order valence-corrected chi connectivity index (χ0v) is 21.5. The molecule has 0 unspecified atom stereocenters. The Morgan fingerprint density at radius 2 is 1.80 bits per heavy atom. The van der Waals surface area contributed by atoms with Crippen molar-refractivity contribution in [2.75, 3.05) is 13.2 Å². The Labute approximate surface area is 216 Å². The summed E-state index contributed by atoms with van der Waals surface area (Å²) in [6, 6.07) is 10.6. The molecular formula is C27H32Cl2N2O4. The van der Waals surface area contributed by atoms with Crippen molar-refractivity contribution in [1.29, 1.82) is 0 Å². The largest absolute Gasteiger partial charge is 0.486 e. The van der Waals surface area contributed by atoms with Crippen LogP contribution in [0, 0.1) is 0 Å². The molecule has 2 aliphatic rings. The van der Waals surface area contributed by atoms with Gasteiger partial charge >= 0.3 is 0 Å². The normalized spacial score (nSPS) is 16.1. The van der Waals surface area contributed by atoms with Crippen molar-refractivity contribution in [2.45, 2.75) is 70.5 Å². The van der Waals surface area contributed by atoms with Crippen LogP contribution in [0.5, 0.6) is 11.5 Å². The van der Waals surface area contributed by atoms with Gasteiger partial charge in [0.25, 0.3) is 0 Å². The third-order valence-corrected chi connectivity index (χ3v) is 7.26. The molecule has 0 spiro atoms. The molecule has 0 aromatic heterocycles. The number of aryl methyl sites for hydroxylation is 1. The number of nitrogens with one attached hydrogen (secondary N) is 1. The first-order valence-corrected chi connectivity index (χ1v) is 13.1. The molecule has 8 heteroatoms. The molecule has 2 amide bonds. The molecule has 0 radical (unpaired) electrons. The van der Waals surface area contributed by atoms with Gasteiger partial charge in [-0.3, -0.25) is 9.59 Å². The number of ether oxygens (including phenoxy) is 2. The molecule has 6 nitrogen and oxygen atoms in total. The zero-order valence-electron chi connectivity index (χ0n) is 20.0. The van der Waals surface area contributed by atoms with E-state index in [-0.39, 0.29) is 30.8 Å². The number of benzene rings is 2. The molecule has 2 aromatic rings.